The summed E-state index contributed by atoms with van der Waals surface area (Å²) in [4.78, 5) is 4.26. The fourth-order valence-corrected chi connectivity index (χ4v) is 2.82. The molecule has 20 heavy (non-hydrogen) atoms. The molecule has 102 valence electrons. The van der Waals surface area contributed by atoms with Gasteiger partial charge in [-0.15, -0.1) is 0 Å². The van der Waals surface area contributed by atoms with E-state index < -0.39 is 6.10 Å². The molecule has 0 saturated heterocycles. The molecule has 1 aromatic heterocycles. The molecule has 0 aliphatic carbocycles. The third-order valence-corrected chi connectivity index (χ3v) is 3.88. The van der Waals surface area contributed by atoms with Crippen LogP contribution in [-0.4, -0.2) is 22.9 Å². The monoisotopic (exact) mass is 269 g/mol. The van der Waals surface area contributed by atoms with E-state index in [1.165, 1.54) is 5.57 Å². The van der Waals surface area contributed by atoms with Crippen LogP contribution in [0.5, 0.6) is 0 Å². The molecule has 5 heteroatoms. The van der Waals surface area contributed by atoms with Crippen molar-refractivity contribution >= 4 is 5.57 Å². The number of aliphatic hydroxyl groups excluding tert-OH is 1. The van der Waals surface area contributed by atoms with E-state index in [1.807, 2.05) is 18.6 Å². The Labute approximate surface area is 116 Å². The summed E-state index contributed by atoms with van der Waals surface area (Å²) in [6, 6.07) is 0. The minimum Gasteiger partial charge on any atom is -0.386 e. The average Bonchev–Trinajstić information content (AvgIpc) is 2.94. The molecule has 2 atom stereocenters. The molecule has 4 heterocycles. The zero-order chi connectivity index (χ0) is 13.5. The molecule has 0 radical (unpaired) electrons. The van der Waals surface area contributed by atoms with Gasteiger partial charge in [-0.1, -0.05) is 0 Å². The summed E-state index contributed by atoms with van der Waals surface area (Å²) in [5.74, 6) is 0. The minimum absolute atomic E-state index is 0.160. The van der Waals surface area contributed by atoms with Gasteiger partial charge < -0.3 is 20.5 Å². The molecule has 0 bridgehead atoms. The van der Waals surface area contributed by atoms with Gasteiger partial charge in [0, 0.05) is 29.7 Å². The van der Waals surface area contributed by atoms with Crippen LogP contribution in [0.2, 0.25) is 0 Å². The van der Waals surface area contributed by atoms with Crippen molar-refractivity contribution in [3.8, 4) is 0 Å². The lowest BCUT2D eigenvalue weighted by Crippen LogP contribution is -2.36. The summed E-state index contributed by atoms with van der Waals surface area (Å²) < 4.78 is 5.45. The molecule has 3 N–H and O–H groups in total. The van der Waals surface area contributed by atoms with E-state index in [9.17, 15) is 5.11 Å². The number of pyridine rings is 1. The molecule has 0 fully saturated rings. The third-order valence-electron chi connectivity index (χ3n) is 3.88. The molecule has 0 saturated carbocycles. The summed E-state index contributed by atoms with van der Waals surface area (Å²) >= 11 is 0. The maximum atomic E-state index is 10.00. The number of dihydropyridines is 1. The number of allylic oxidation sites excluding steroid dienone is 2. The molecule has 4 rings (SSSR count). The molecule has 3 aliphatic rings. The first-order valence-corrected chi connectivity index (χ1v) is 6.66. The number of nitrogens with zero attached hydrogens (tertiary/aromatic N) is 1. The van der Waals surface area contributed by atoms with E-state index in [4.69, 9.17) is 4.74 Å². The van der Waals surface area contributed by atoms with Gasteiger partial charge in [0.25, 0.3) is 0 Å². The first kappa shape index (κ1) is 11.7. The maximum absolute atomic E-state index is 10.00. The Morgan fingerprint density at radius 2 is 2.25 bits per heavy atom. The van der Waals surface area contributed by atoms with Crippen LogP contribution in [0.1, 0.15) is 22.8 Å². The van der Waals surface area contributed by atoms with Gasteiger partial charge in [0.15, 0.2) is 0 Å². The number of fused-ring (bicyclic) bond motifs is 2. The van der Waals surface area contributed by atoms with E-state index in [-0.39, 0.29) is 6.17 Å². The Hall–Kier alpha value is -2.11. The summed E-state index contributed by atoms with van der Waals surface area (Å²) in [6.45, 7) is 0.855. The number of nitrogens with one attached hydrogen (secondary N) is 2. The van der Waals surface area contributed by atoms with Crippen LogP contribution in [0.15, 0.2) is 42.5 Å². The van der Waals surface area contributed by atoms with Crippen LogP contribution < -0.4 is 10.6 Å². The van der Waals surface area contributed by atoms with E-state index in [2.05, 4.69) is 27.8 Å². The number of aliphatic hydroxyl groups is 1. The number of hydrogen-bond donors (Lipinski definition) is 3. The lowest BCUT2D eigenvalue weighted by Gasteiger charge is -2.26. The summed E-state index contributed by atoms with van der Waals surface area (Å²) in [5.41, 5.74) is 5.16. The molecular formula is C15H15N3O2. The van der Waals surface area contributed by atoms with Crippen LogP contribution >= 0.6 is 0 Å². The highest BCUT2D eigenvalue weighted by Gasteiger charge is 2.24. The van der Waals surface area contributed by atoms with Gasteiger partial charge >= 0.3 is 0 Å². The Morgan fingerprint density at radius 1 is 1.30 bits per heavy atom. The van der Waals surface area contributed by atoms with Crippen LogP contribution in [0, 0.1) is 0 Å². The highest BCUT2D eigenvalue weighted by Crippen LogP contribution is 2.32. The summed E-state index contributed by atoms with van der Waals surface area (Å²) in [5, 5.41) is 16.5. The second kappa shape index (κ2) is 4.47. The van der Waals surface area contributed by atoms with Gasteiger partial charge in [0.2, 0.25) is 0 Å². The van der Waals surface area contributed by atoms with Crippen molar-refractivity contribution in [2.45, 2.75) is 18.9 Å². The normalized spacial score (nSPS) is 26.9. The van der Waals surface area contributed by atoms with Crippen LogP contribution in [0.3, 0.4) is 0 Å². The van der Waals surface area contributed by atoms with Crippen molar-refractivity contribution in [1.29, 1.82) is 0 Å². The quantitative estimate of drug-likeness (QED) is 0.708. The SMILES string of the molecule is OC1COCc2c(C3=CNC4NC=CC4=C3)cncc21. The van der Waals surface area contributed by atoms with Gasteiger partial charge in [0.1, 0.15) is 12.3 Å². The zero-order valence-corrected chi connectivity index (χ0v) is 10.8. The Balaban J connectivity index is 1.78. The van der Waals surface area contributed by atoms with Crippen LogP contribution in [-0.2, 0) is 11.3 Å². The van der Waals surface area contributed by atoms with E-state index in [0.29, 0.717) is 13.2 Å². The number of ether oxygens (including phenoxy) is 1. The molecule has 0 amide bonds. The van der Waals surface area contributed by atoms with Crippen molar-refractivity contribution in [2.24, 2.45) is 0 Å². The van der Waals surface area contributed by atoms with E-state index in [1.54, 1.807) is 6.20 Å². The Kier molecular flexibility index (Phi) is 2.61. The molecule has 5 nitrogen and oxygen atoms in total. The first-order chi connectivity index (χ1) is 9.83. The van der Waals surface area contributed by atoms with Gasteiger partial charge in [-0.25, -0.2) is 0 Å². The van der Waals surface area contributed by atoms with Crippen molar-refractivity contribution in [3.63, 3.8) is 0 Å². The van der Waals surface area contributed by atoms with Crippen molar-refractivity contribution in [2.75, 3.05) is 6.61 Å². The number of rotatable bonds is 1. The molecule has 3 aliphatic heterocycles. The van der Waals surface area contributed by atoms with E-state index >= 15 is 0 Å². The van der Waals surface area contributed by atoms with Crippen molar-refractivity contribution in [3.05, 3.63) is 59.2 Å². The lowest BCUT2D eigenvalue weighted by molar-refractivity contribution is 0.00940. The lowest BCUT2D eigenvalue weighted by atomic mass is 9.93. The number of aromatic nitrogens is 1. The topological polar surface area (TPSA) is 66.4 Å². The average molecular weight is 269 g/mol. The summed E-state index contributed by atoms with van der Waals surface area (Å²) in [6.07, 6.45) is 11.2. The molecular weight excluding hydrogens is 254 g/mol. The van der Waals surface area contributed by atoms with Gasteiger partial charge in [-0.2, -0.15) is 0 Å². The molecule has 0 aromatic carbocycles. The molecule has 0 spiro atoms. The standard InChI is InChI=1S/C15H15N3O2/c19-14-8-20-7-13-11(5-16-6-12(13)14)10-3-9-1-2-17-15(9)18-4-10/h1-6,14-15,17-19H,7-8H2. The molecule has 2 unspecified atom stereocenters. The Morgan fingerprint density at radius 3 is 3.20 bits per heavy atom. The van der Waals surface area contributed by atoms with Crippen molar-refractivity contribution < 1.29 is 9.84 Å². The molecule has 1 aromatic rings. The van der Waals surface area contributed by atoms with Crippen LogP contribution in [0.25, 0.3) is 5.57 Å². The predicted molar refractivity (Wildman–Crippen MR) is 74.1 cm³/mol. The number of hydrogen-bond acceptors (Lipinski definition) is 5. The second-order valence-corrected chi connectivity index (χ2v) is 5.13. The van der Waals surface area contributed by atoms with Gasteiger partial charge in [0.05, 0.1) is 13.2 Å². The Bertz CT molecular complexity index is 649. The second-order valence-electron chi connectivity index (χ2n) is 5.13. The van der Waals surface area contributed by atoms with Crippen molar-refractivity contribution in [1.82, 2.24) is 15.6 Å². The fraction of sp³-hybridized carbons (Fsp3) is 0.267. The van der Waals surface area contributed by atoms with E-state index in [0.717, 1.165) is 22.3 Å². The fourth-order valence-electron chi connectivity index (χ4n) is 2.82. The largest absolute Gasteiger partial charge is 0.386 e. The maximum Gasteiger partial charge on any atom is 0.122 e. The predicted octanol–water partition coefficient (Wildman–Crippen LogP) is 0.959. The zero-order valence-electron chi connectivity index (χ0n) is 10.8. The smallest absolute Gasteiger partial charge is 0.122 e. The summed E-state index contributed by atoms with van der Waals surface area (Å²) in [7, 11) is 0. The third kappa shape index (κ3) is 1.75. The highest BCUT2D eigenvalue weighted by molar-refractivity contribution is 5.78. The first-order valence-electron chi connectivity index (χ1n) is 6.66. The highest BCUT2D eigenvalue weighted by atomic mass is 16.5. The minimum atomic E-state index is -0.586. The van der Waals surface area contributed by atoms with Gasteiger partial charge in [-0.05, 0) is 35.1 Å². The van der Waals surface area contributed by atoms with Gasteiger partial charge in [-0.3, -0.25) is 4.98 Å². The van der Waals surface area contributed by atoms with Crippen LogP contribution in [0.4, 0.5) is 0 Å².